The lowest BCUT2D eigenvalue weighted by Gasteiger charge is -2.21. The number of benzene rings is 1. The number of halogens is 1. The molecule has 1 N–H and O–H groups in total. The molecule has 2 aromatic rings. The average molecular weight is 376 g/mol. The summed E-state index contributed by atoms with van der Waals surface area (Å²) in [7, 11) is 0. The van der Waals surface area contributed by atoms with Gasteiger partial charge in [0.15, 0.2) is 0 Å². The quantitative estimate of drug-likeness (QED) is 0.843. The van der Waals surface area contributed by atoms with E-state index in [1.165, 1.54) is 6.92 Å². The van der Waals surface area contributed by atoms with E-state index in [0.29, 0.717) is 25.2 Å². The third-order valence-corrected chi connectivity index (χ3v) is 3.84. The maximum Gasteiger partial charge on any atom is 0.251 e. The third kappa shape index (κ3) is 5.49. The van der Waals surface area contributed by atoms with Crippen LogP contribution >= 0.6 is 15.9 Å². The van der Waals surface area contributed by atoms with Crippen LogP contribution in [0.1, 0.15) is 22.8 Å². The van der Waals surface area contributed by atoms with Crippen molar-refractivity contribution < 1.29 is 9.59 Å². The van der Waals surface area contributed by atoms with Crippen LogP contribution in [0.5, 0.6) is 0 Å². The summed E-state index contributed by atoms with van der Waals surface area (Å²) >= 11 is 3.33. The fourth-order valence-corrected chi connectivity index (χ4v) is 2.33. The third-order valence-electron chi connectivity index (χ3n) is 3.32. The molecule has 0 fully saturated rings. The highest BCUT2D eigenvalue weighted by atomic mass is 79.9. The van der Waals surface area contributed by atoms with Gasteiger partial charge in [-0.3, -0.25) is 14.6 Å². The molecule has 2 rings (SSSR count). The molecular weight excluding hydrogens is 358 g/mol. The van der Waals surface area contributed by atoms with Gasteiger partial charge in [0, 0.05) is 49.0 Å². The largest absolute Gasteiger partial charge is 0.350 e. The average Bonchev–Trinajstić information content (AvgIpc) is 2.55. The topological polar surface area (TPSA) is 62.3 Å². The van der Waals surface area contributed by atoms with Gasteiger partial charge in [-0.15, -0.1) is 0 Å². The molecule has 1 aromatic carbocycles. The van der Waals surface area contributed by atoms with Crippen molar-refractivity contribution in [1.29, 1.82) is 0 Å². The Hall–Kier alpha value is -2.21. The molecule has 0 saturated carbocycles. The molecule has 5 nitrogen and oxygen atoms in total. The van der Waals surface area contributed by atoms with E-state index in [1.807, 2.05) is 24.3 Å². The van der Waals surface area contributed by atoms with Crippen molar-refractivity contribution in [2.24, 2.45) is 0 Å². The molecule has 23 heavy (non-hydrogen) atoms. The van der Waals surface area contributed by atoms with Crippen molar-refractivity contribution >= 4 is 27.7 Å². The highest BCUT2D eigenvalue weighted by Crippen LogP contribution is 2.10. The van der Waals surface area contributed by atoms with Crippen molar-refractivity contribution in [2.75, 3.05) is 13.1 Å². The minimum atomic E-state index is -0.151. The van der Waals surface area contributed by atoms with Gasteiger partial charge in [0.1, 0.15) is 0 Å². The number of carbonyl (C=O) groups excluding carboxylic acids is 2. The van der Waals surface area contributed by atoms with Crippen molar-refractivity contribution in [3.8, 4) is 0 Å². The first-order valence-electron chi connectivity index (χ1n) is 7.24. The Balaban J connectivity index is 1.85. The Morgan fingerprint density at radius 3 is 2.57 bits per heavy atom. The first-order valence-corrected chi connectivity index (χ1v) is 8.04. The molecular formula is C17H18BrN3O2. The number of hydrogen-bond donors (Lipinski definition) is 1. The predicted molar refractivity (Wildman–Crippen MR) is 91.8 cm³/mol. The molecule has 2 amide bonds. The summed E-state index contributed by atoms with van der Waals surface area (Å²) in [4.78, 5) is 29.5. The maximum absolute atomic E-state index is 12.0. The molecule has 6 heteroatoms. The zero-order valence-electron chi connectivity index (χ0n) is 12.8. The zero-order valence-corrected chi connectivity index (χ0v) is 14.4. The van der Waals surface area contributed by atoms with Gasteiger partial charge in [0.05, 0.1) is 0 Å². The van der Waals surface area contributed by atoms with E-state index < -0.39 is 0 Å². The first kappa shape index (κ1) is 17.1. The number of hydrogen-bond acceptors (Lipinski definition) is 3. The lowest BCUT2D eigenvalue weighted by Crippen LogP contribution is -2.37. The van der Waals surface area contributed by atoms with Gasteiger partial charge in [0.25, 0.3) is 5.91 Å². The van der Waals surface area contributed by atoms with E-state index in [9.17, 15) is 9.59 Å². The number of aromatic nitrogens is 1. The fourth-order valence-electron chi connectivity index (χ4n) is 2.07. The van der Waals surface area contributed by atoms with Crippen molar-refractivity contribution in [3.05, 3.63) is 64.4 Å². The molecule has 0 aliphatic rings. The normalized spacial score (nSPS) is 10.2. The Labute approximate surface area is 143 Å². The summed E-state index contributed by atoms with van der Waals surface area (Å²) in [5.74, 6) is -0.186. The van der Waals surface area contributed by atoms with Crippen molar-refractivity contribution in [1.82, 2.24) is 15.2 Å². The summed E-state index contributed by atoms with van der Waals surface area (Å²) in [6.45, 7) is 2.85. The van der Waals surface area contributed by atoms with Gasteiger partial charge >= 0.3 is 0 Å². The van der Waals surface area contributed by atoms with E-state index in [0.717, 1.165) is 10.0 Å². The molecule has 0 bridgehead atoms. The van der Waals surface area contributed by atoms with Crippen LogP contribution in [0.4, 0.5) is 0 Å². The molecule has 0 unspecified atom stereocenters. The maximum atomic E-state index is 12.0. The number of rotatable bonds is 6. The summed E-state index contributed by atoms with van der Waals surface area (Å²) in [6.07, 6.45) is 3.43. The number of nitrogens with one attached hydrogen (secondary N) is 1. The number of carbonyl (C=O) groups is 2. The lowest BCUT2D eigenvalue weighted by atomic mass is 10.2. The summed E-state index contributed by atoms with van der Waals surface area (Å²) < 4.78 is 0.924. The summed E-state index contributed by atoms with van der Waals surface area (Å²) in [5, 5.41) is 2.83. The van der Waals surface area contributed by atoms with E-state index in [2.05, 4.69) is 26.2 Å². The standard InChI is InChI=1S/C17H18BrN3O2/c1-13(22)21(12-14-3-2-8-19-11-14)10-9-20-17(23)15-4-6-16(18)7-5-15/h2-8,11H,9-10,12H2,1H3,(H,20,23). The SMILES string of the molecule is CC(=O)N(CCNC(=O)c1ccc(Br)cc1)Cc1cccnc1. The fraction of sp³-hybridized carbons (Fsp3) is 0.235. The number of pyridine rings is 1. The number of amides is 2. The highest BCUT2D eigenvalue weighted by molar-refractivity contribution is 9.10. The number of nitrogens with zero attached hydrogens (tertiary/aromatic N) is 2. The molecule has 1 heterocycles. The Bertz CT molecular complexity index is 659. The second-order valence-corrected chi connectivity index (χ2v) is 5.98. The van der Waals surface area contributed by atoms with Crippen LogP contribution in [0.3, 0.4) is 0 Å². The van der Waals surface area contributed by atoms with Crippen LogP contribution in [0.15, 0.2) is 53.3 Å². The lowest BCUT2D eigenvalue weighted by molar-refractivity contribution is -0.129. The van der Waals surface area contributed by atoms with Gasteiger partial charge in [-0.2, -0.15) is 0 Å². The van der Waals surface area contributed by atoms with Crippen LogP contribution in [0.2, 0.25) is 0 Å². The minimum absolute atomic E-state index is 0.0354. The van der Waals surface area contributed by atoms with Gasteiger partial charge < -0.3 is 10.2 Å². The molecule has 0 aliphatic carbocycles. The van der Waals surface area contributed by atoms with Crippen molar-refractivity contribution in [3.63, 3.8) is 0 Å². The van der Waals surface area contributed by atoms with Crippen molar-refractivity contribution in [2.45, 2.75) is 13.5 Å². The van der Waals surface area contributed by atoms with E-state index in [-0.39, 0.29) is 11.8 Å². The second-order valence-electron chi connectivity index (χ2n) is 5.06. The summed E-state index contributed by atoms with van der Waals surface area (Å²) in [6, 6.07) is 10.9. The molecule has 0 saturated heterocycles. The Morgan fingerprint density at radius 1 is 1.22 bits per heavy atom. The molecule has 0 spiro atoms. The molecule has 0 aliphatic heterocycles. The van der Waals surface area contributed by atoms with Gasteiger partial charge in [-0.05, 0) is 35.9 Å². The van der Waals surface area contributed by atoms with Gasteiger partial charge in [-0.1, -0.05) is 22.0 Å². The molecule has 0 atom stereocenters. The van der Waals surface area contributed by atoms with Gasteiger partial charge in [0.2, 0.25) is 5.91 Å². The van der Waals surface area contributed by atoms with E-state index >= 15 is 0 Å². The monoisotopic (exact) mass is 375 g/mol. The van der Waals surface area contributed by atoms with Crippen LogP contribution < -0.4 is 5.32 Å². The smallest absolute Gasteiger partial charge is 0.251 e. The predicted octanol–water partition coefficient (Wildman–Crippen LogP) is 2.62. The zero-order chi connectivity index (χ0) is 16.7. The van der Waals surface area contributed by atoms with E-state index in [1.54, 1.807) is 29.4 Å². The molecule has 120 valence electrons. The van der Waals surface area contributed by atoms with Crippen LogP contribution in [-0.4, -0.2) is 34.8 Å². The minimum Gasteiger partial charge on any atom is -0.350 e. The van der Waals surface area contributed by atoms with E-state index in [4.69, 9.17) is 0 Å². The van der Waals surface area contributed by atoms with Crippen LogP contribution in [-0.2, 0) is 11.3 Å². The first-order chi connectivity index (χ1) is 11.1. The highest BCUT2D eigenvalue weighted by Gasteiger charge is 2.11. The molecule has 0 radical (unpaired) electrons. The molecule has 1 aromatic heterocycles. The Morgan fingerprint density at radius 2 is 1.96 bits per heavy atom. The van der Waals surface area contributed by atoms with Gasteiger partial charge in [-0.25, -0.2) is 0 Å². The Kier molecular flexibility index (Phi) is 6.29. The summed E-state index contributed by atoms with van der Waals surface area (Å²) in [5.41, 5.74) is 1.55. The second kappa shape index (κ2) is 8.43. The van der Waals surface area contributed by atoms with Crippen LogP contribution in [0.25, 0.3) is 0 Å². The van der Waals surface area contributed by atoms with Crippen LogP contribution in [0, 0.1) is 0 Å².